The number of hydrogen-bond donors (Lipinski definition) is 0. The molecule has 5 nitrogen and oxygen atoms in total. The van der Waals surface area contributed by atoms with Crippen LogP contribution in [-0.2, 0) is 11.2 Å². The second-order valence-electron chi connectivity index (χ2n) is 5.56. The zero-order chi connectivity index (χ0) is 15.9. The van der Waals surface area contributed by atoms with Crippen LogP contribution in [0.5, 0.6) is 0 Å². The fourth-order valence-corrected chi connectivity index (χ4v) is 2.75. The molecule has 1 atom stereocenters. The van der Waals surface area contributed by atoms with Crippen LogP contribution in [-0.4, -0.2) is 21.1 Å². The van der Waals surface area contributed by atoms with Crippen LogP contribution >= 0.6 is 11.6 Å². The highest BCUT2D eigenvalue weighted by Gasteiger charge is 2.38. The van der Waals surface area contributed by atoms with Gasteiger partial charge in [0.05, 0.1) is 16.3 Å². The molecule has 112 valence electrons. The Morgan fingerprint density at radius 1 is 1.55 bits per heavy atom. The predicted octanol–water partition coefficient (Wildman–Crippen LogP) is 3.28. The first-order valence-electron chi connectivity index (χ1n) is 6.97. The number of cyclic esters (lactones) is 1. The fraction of sp³-hybridized carbons (Fsp3) is 0.312. The lowest BCUT2D eigenvalue weighted by Gasteiger charge is -2.31. The monoisotopic (exact) mass is 315 g/mol. The van der Waals surface area contributed by atoms with E-state index >= 15 is 0 Å². The first kappa shape index (κ1) is 14.6. The quantitative estimate of drug-likeness (QED) is 0.798. The third kappa shape index (κ3) is 2.26. The summed E-state index contributed by atoms with van der Waals surface area (Å²) in [6, 6.07) is 7.00. The van der Waals surface area contributed by atoms with E-state index in [-0.39, 0.29) is 5.97 Å². The molecule has 1 aliphatic rings. The van der Waals surface area contributed by atoms with E-state index in [0.29, 0.717) is 28.4 Å². The molecule has 0 N–H and O–H groups in total. The highest BCUT2D eigenvalue weighted by atomic mass is 35.5. The Kier molecular flexibility index (Phi) is 3.42. The van der Waals surface area contributed by atoms with Gasteiger partial charge in [0.15, 0.2) is 5.69 Å². The van der Waals surface area contributed by atoms with Gasteiger partial charge in [-0.25, -0.2) is 9.78 Å². The molecule has 3 rings (SSSR count). The summed E-state index contributed by atoms with van der Waals surface area (Å²) in [5, 5.41) is 9.27. The molecule has 0 radical (unpaired) electrons. The van der Waals surface area contributed by atoms with Gasteiger partial charge in [-0.2, -0.15) is 5.26 Å². The first-order valence-corrected chi connectivity index (χ1v) is 7.35. The van der Waals surface area contributed by atoms with Crippen LogP contribution in [0.3, 0.4) is 0 Å². The molecule has 22 heavy (non-hydrogen) atoms. The van der Waals surface area contributed by atoms with Crippen molar-refractivity contribution in [3.05, 3.63) is 46.5 Å². The maximum absolute atomic E-state index is 12.4. The summed E-state index contributed by atoms with van der Waals surface area (Å²) in [7, 11) is 0. The molecule has 0 amide bonds. The third-order valence-corrected chi connectivity index (χ3v) is 4.33. The van der Waals surface area contributed by atoms with Crippen molar-refractivity contribution < 1.29 is 9.53 Å². The standard InChI is InChI=1S/C16H14ClN3O2/c1-3-16(2)7-13-14(15(21)22-16)20(9-19-13)11-5-4-10(8-18)12(17)6-11/h4-6,9H,3,7H2,1-2H3/t16-/m0/s1. The number of carbonyl (C=O) groups excluding carboxylic acids is 1. The topological polar surface area (TPSA) is 67.9 Å². The first-order chi connectivity index (χ1) is 10.5. The van der Waals surface area contributed by atoms with Crippen molar-refractivity contribution in [3.8, 4) is 11.8 Å². The lowest BCUT2D eigenvalue weighted by molar-refractivity contribution is -0.0186. The number of halogens is 1. The summed E-state index contributed by atoms with van der Waals surface area (Å²) in [6.07, 6.45) is 2.90. The lowest BCUT2D eigenvalue weighted by Crippen LogP contribution is -2.39. The molecule has 2 aromatic rings. The van der Waals surface area contributed by atoms with Crippen LogP contribution in [0.4, 0.5) is 0 Å². The highest BCUT2D eigenvalue weighted by Crippen LogP contribution is 2.31. The van der Waals surface area contributed by atoms with E-state index in [4.69, 9.17) is 21.6 Å². The Balaban J connectivity index is 2.08. The Bertz CT molecular complexity index is 806. The summed E-state index contributed by atoms with van der Waals surface area (Å²) >= 11 is 6.06. The minimum atomic E-state index is -0.508. The summed E-state index contributed by atoms with van der Waals surface area (Å²) in [5.41, 5.74) is 1.70. The molecule has 0 bridgehead atoms. The van der Waals surface area contributed by atoms with Gasteiger partial charge in [0, 0.05) is 12.1 Å². The molecule has 0 spiro atoms. The molecule has 1 aliphatic heterocycles. The van der Waals surface area contributed by atoms with Gasteiger partial charge in [-0.05, 0) is 31.5 Å². The molecule has 0 aliphatic carbocycles. The van der Waals surface area contributed by atoms with Crippen molar-refractivity contribution >= 4 is 17.6 Å². The van der Waals surface area contributed by atoms with Crippen LogP contribution in [0, 0.1) is 11.3 Å². The van der Waals surface area contributed by atoms with E-state index in [1.165, 1.54) is 0 Å². The Labute approximate surface area is 133 Å². The van der Waals surface area contributed by atoms with E-state index in [1.54, 1.807) is 29.1 Å². The van der Waals surface area contributed by atoms with Crippen LogP contribution in [0.1, 0.15) is 42.0 Å². The zero-order valence-corrected chi connectivity index (χ0v) is 13.0. The maximum atomic E-state index is 12.4. The minimum Gasteiger partial charge on any atom is -0.454 e. The zero-order valence-electron chi connectivity index (χ0n) is 12.3. The average molecular weight is 316 g/mol. The predicted molar refractivity (Wildman–Crippen MR) is 81.1 cm³/mol. The van der Waals surface area contributed by atoms with E-state index in [1.807, 2.05) is 19.9 Å². The minimum absolute atomic E-state index is 0.338. The van der Waals surface area contributed by atoms with Gasteiger partial charge < -0.3 is 4.74 Å². The summed E-state index contributed by atoms with van der Waals surface area (Å²) in [4.78, 5) is 16.7. The van der Waals surface area contributed by atoms with Crippen LogP contribution < -0.4 is 0 Å². The SMILES string of the molecule is CC[C@@]1(C)Cc2ncn(-c3ccc(C#N)c(Cl)c3)c2C(=O)O1. The number of aromatic nitrogens is 2. The number of nitrogens with zero attached hydrogens (tertiary/aromatic N) is 3. The van der Waals surface area contributed by atoms with E-state index in [2.05, 4.69) is 4.98 Å². The Morgan fingerprint density at radius 2 is 2.32 bits per heavy atom. The smallest absolute Gasteiger partial charge is 0.357 e. The number of esters is 1. The van der Waals surface area contributed by atoms with Gasteiger partial charge in [-0.1, -0.05) is 18.5 Å². The van der Waals surface area contributed by atoms with Crippen molar-refractivity contribution in [2.24, 2.45) is 0 Å². The number of fused-ring (bicyclic) bond motifs is 1. The van der Waals surface area contributed by atoms with Gasteiger partial charge >= 0.3 is 5.97 Å². The summed E-state index contributed by atoms with van der Waals surface area (Å²) < 4.78 is 7.21. The number of imidazole rings is 1. The normalized spacial score (nSPS) is 20.2. The third-order valence-electron chi connectivity index (χ3n) is 4.02. The molecule has 2 heterocycles. The molecule has 1 aromatic heterocycles. The molecule has 6 heteroatoms. The fourth-order valence-electron chi connectivity index (χ4n) is 2.53. The van der Waals surface area contributed by atoms with Crippen LogP contribution in [0.2, 0.25) is 5.02 Å². The van der Waals surface area contributed by atoms with Crippen molar-refractivity contribution in [1.82, 2.24) is 9.55 Å². The van der Waals surface area contributed by atoms with Gasteiger partial charge in [0.2, 0.25) is 0 Å². The Hall–Kier alpha value is -2.32. The van der Waals surface area contributed by atoms with Crippen LogP contribution in [0.15, 0.2) is 24.5 Å². The van der Waals surface area contributed by atoms with Crippen molar-refractivity contribution in [2.75, 3.05) is 0 Å². The molecule has 0 saturated heterocycles. The van der Waals surface area contributed by atoms with Gasteiger partial charge in [-0.3, -0.25) is 4.57 Å². The van der Waals surface area contributed by atoms with Crippen molar-refractivity contribution in [3.63, 3.8) is 0 Å². The molecule has 0 fully saturated rings. The van der Waals surface area contributed by atoms with Gasteiger partial charge in [-0.15, -0.1) is 0 Å². The maximum Gasteiger partial charge on any atom is 0.357 e. The average Bonchev–Trinajstić information content (AvgIpc) is 2.91. The molecular weight excluding hydrogens is 302 g/mol. The van der Waals surface area contributed by atoms with E-state index in [9.17, 15) is 4.79 Å². The number of benzene rings is 1. The highest BCUT2D eigenvalue weighted by molar-refractivity contribution is 6.31. The molecule has 0 unspecified atom stereocenters. The van der Waals surface area contributed by atoms with E-state index < -0.39 is 5.60 Å². The number of ether oxygens (including phenoxy) is 1. The number of rotatable bonds is 2. The van der Waals surface area contributed by atoms with Gasteiger partial charge in [0.25, 0.3) is 0 Å². The molecular formula is C16H14ClN3O2. The Morgan fingerprint density at radius 3 is 2.95 bits per heavy atom. The number of hydrogen-bond acceptors (Lipinski definition) is 4. The second-order valence-corrected chi connectivity index (χ2v) is 5.96. The summed E-state index contributed by atoms with van der Waals surface area (Å²) in [6.45, 7) is 3.89. The van der Waals surface area contributed by atoms with Crippen molar-refractivity contribution in [2.45, 2.75) is 32.3 Å². The number of nitriles is 1. The van der Waals surface area contributed by atoms with Gasteiger partial charge in [0.1, 0.15) is 18.0 Å². The molecule has 0 saturated carbocycles. The van der Waals surface area contributed by atoms with Crippen molar-refractivity contribution in [1.29, 1.82) is 5.26 Å². The second kappa shape index (κ2) is 5.15. The largest absolute Gasteiger partial charge is 0.454 e. The number of carbonyl (C=O) groups is 1. The summed E-state index contributed by atoms with van der Waals surface area (Å²) in [5.74, 6) is -0.386. The molecule has 1 aromatic carbocycles. The van der Waals surface area contributed by atoms with Crippen LogP contribution in [0.25, 0.3) is 5.69 Å². The van der Waals surface area contributed by atoms with E-state index in [0.717, 1.165) is 12.1 Å². The lowest BCUT2D eigenvalue weighted by atomic mass is 9.93.